The highest BCUT2D eigenvalue weighted by Crippen LogP contribution is 2.09. The van der Waals surface area contributed by atoms with Crippen LogP contribution in [0, 0.1) is 6.92 Å². The molecule has 2 N–H and O–H groups in total. The number of nitrogens with two attached hydrogens (primary N) is 1. The van der Waals surface area contributed by atoms with Gasteiger partial charge in [0.25, 0.3) is 0 Å². The Kier molecular flexibility index (Phi) is 4.24. The molecular formula is C12H20N2O. The molecule has 0 saturated carbocycles. The Morgan fingerprint density at radius 1 is 1.53 bits per heavy atom. The number of ether oxygens (including phenoxy) is 1. The maximum atomic E-state index is 5.97. The fourth-order valence-electron chi connectivity index (χ4n) is 1.15. The fourth-order valence-corrected chi connectivity index (χ4v) is 1.15. The normalized spacial score (nSPS) is 14.9. The van der Waals surface area contributed by atoms with Crippen LogP contribution in [0.2, 0.25) is 0 Å². The summed E-state index contributed by atoms with van der Waals surface area (Å²) in [6, 6.07) is 3.96. The van der Waals surface area contributed by atoms with Crippen molar-refractivity contribution in [3.63, 3.8) is 0 Å². The third-order valence-corrected chi connectivity index (χ3v) is 2.60. The lowest BCUT2D eigenvalue weighted by molar-refractivity contribution is 0.0754. The van der Waals surface area contributed by atoms with Crippen molar-refractivity contribution >= 4 is 0 Å². The van der Waals surface area contributed by atoms with Gasteiger partial charge < -0.3 is 10.5 Å². The topological polar surface area (TPSA) is 48.1 Å². The summed E-state index contributed by atoms with van der Waals surface area (Å²) in [7, 11) is 0. The van der Waals surface area contributed by atoms with Gasteiger partial charge in [-0.25, -0.2) is 0 Å². The number of aryl methyl sites for hydroxylation is 1. The third-order valence-electron chi connectivity index (χ3n) is 2.60. The van der Waals surface area contributed by atoms with E-state index in [0.717, 1.165) is 17.7 Å². The molecule has 0 amide bonds. The van der Waals surface area contributed by atoms with E-state index >= 15 is 0 Å². The highest BCUT2D eigenvalue weighted by atomic mass is 16.5. The predicted molar refractivity (Wildman–Crippen MR) is 61.5 cm³/mol. The standard InChI is InChI=1S/C12H20N2O/c1-4-12(3,13)9-15-8-11-10(2)6-5-7-14-11/h5-7H,4,8-9,13H2,1-3H3. The average Bonchev–Trinajstić information content (AvgIpc) is 2.21. The van der Waals surface area contributed by atoms with E-state index in [9.17, 15) is 0 Å². The van der Waals surface area contributed by atoms with Gasteiger partial charge in [0.15, 0.2) is 0 Å². The number of aromatic nitrogens is 1. The number of hydrogen-bond acceptors (Lipinski definition) is 3. The van der Waals surface area contributed by atoms with Gasteiger partial charge in [0.1, 0.15) is 0 Å². The summed E-state index contributed by atoms with van der Waals surface area (Å²) in [6.45, 7) is 7.21. The van der Waals surface area contributed by atoms with E-state index in [-0.39, 0.29) is 5.54 Å². The zero-order chi connectivity index (χ0) is 11.3. The lowest BCUT2D eigenvalue weighted by Crippen LogP contribution is -2.40. The molecule has 0 aliphatic heterocycles. The Morgan fingerprint density at radius 3 is 2.87 bits per heavy atom. The third kappa shape index (κ3) is 3.98. The largest absolute Gasteiger partial charge is 0.373 e. The van der Waals surface area contributed by atoms with Crippen molar-refractivity contribution in [2.75, 3.05) is 6.61 Å². The van der Waals surface area contributed by atoms with Crippen molar-refractivity contribution in [2.24, 2.45) is 5.73 Å². The van der Waals surface area contributed by atoms with Gasteiger partial charge in [-0.3, -0.25) is 4.98 Å². The zero-order valence-electron chi connectivity index (χ0n) is 9.79. The first-order valence-corrected chi connectivity index (χ1v) is 5.32. The molecule has 0 saturated heterocycles. The second-order valence-electron chi connectivity index (χ2n) is 4.27. The van der Waals surface area contributed by atoms with Gasteiger partial charge in [-0.05, 0) is 31.9 Å². The van der Waals surface area contributed by atoms with Crippen LogP contribution in [0.15, 0.2) is 18.3 Å². The number of nitrogens with zero attached hydrogens (tertiary/aromatic N) is 1. The smallest absolute Gasteiger partial charge is 0.0891 e. The summed E-state index contributed by atoms with van der Waals surface area (Å²) in [5.74, 6) is 0. The lowest BCUT2D eigenvalue weighted by atomic mass is 10.0. The predicted octanol–water partition coefficient (Wildman–Crippen LogP) is 2.03. The van der Waals surface area contributed by atoms with Gasteiger partial charge in [-0.15, -0.1) is 0 Å². The Morgan fingerprint density at radius 2 is 2.27 bits per heavy atom. The van der Waals surface area contributed by atoms with Crippen LogP contribution in [0.25, 0.3) is 0 Å². The second-order valence-corrected chi connectivity index (χ2v) is 4.27. The minimum atomic E-state index is -0.233. The van der Waals surface area contributed by atoms with Gasteiger partial charge in [-0.2, -0.15) is 0 Å². The first-order valence-electron chi connectivity index (χ1n) is 5.32. The molecule has 1 rings (SSSR count). The molecule has 0 aliphatic rings. The molecule has 0 aliphatic carbocycles. The highest BCUT2D eigenvalue weighted by Gasteiger charge is 2.15. The molecular weight excluding hydrogens is 188 g/mol. The quantitative estimate of drug-likeness (QED) is 0.805. The Labute approximate surface area is 91.7 Å². The van der Waals surface area contributed by atoms with E-state index < -0.39 is 0 Å². The molecule has 84 valence electrons. The Hall–Kier alpha value is -0.930. The molecule has 0 fully saturated rings. The van der Waals surface area contributed by atoms with Crippen LogP contribution in [0.5, 0.6) is 0 Å². The summed E-state index contributed by atoms with van der Waals surface area (Å²) in [5.41, 5.74) is 7.89. The molecule has 3 nitrogen and oxygen atoms in total. The number of rotatable bonds is 5. The Bertz CT molecular complexity index is 310. The molecule has 1 aromatic rings. The van der Waals surface area contributed by atoms with Crippen molar-refractivity contribution in [1.82, 2.24) is 4.98 Å². The van der Waals surface area contributed by atoms with E-state index in [2.05, 4.69) is 11.9 Å². The maximum Gasteiger partial charge on any atom is 0.0891 e. The first-order chi connectivity index (χ1) is 7.05. The van der Waals surface area contributed by atoms with Crippen LogP contribution in [0.3, 0.4) is 0 Å². The summed E-state index contributed by atoms with van der Waals surface area (Å²) in [5, 5.41) is 0. The minimum Gasteiger partial charge on any atom is -0.373 e. The van der Waals surface area contributed by atoms with Crippen molar-refractivity contribution in [2.45, 2.75) is 39.3 Å². The summed E-state index contributed by atoms with van der Waals surface area (Å²) < 4.78 is 5.57. The fraction of sp³-hybridized carbons (Fsp3) is 0.583. The Balaban J connectivity index is 2.42. The van der Waals surface area contributed by atoms with Crippen LogP contribution < -0.4 is 5.73 Å². The zero-order valence-corrected chi connectivity index (χ0v) is 9.79. The molecule has 0 spiro atoms. The number of hydrogen-bond donors (Lipinski definition) is 1. The van der Waals surface area contributed by atoms with E-state index in [0.29, 0.717) is 13.2 Å². The van der Waals surface area contributed by atoms with E-state index in [1.54, 1.807) is 6.20 Å². The van der Waals surface area contributed by atoms with Gasteiger partial charge in [-0.1, -0.05) is 13.0 Å². The highest BCUT2D eigenvalue weighted by molar-refractivity contribution is 5.16. The van der Waals surface area contributed by atoms with Crippen molar-refractivity contribution < 1.29 is 4.74 Å². The van der Waals surface area contributed by atoms with Crippen molar-refractivity contribution in [3.05, 3.63) is 29.6 Å². The second kappa shape index (κ2) is 5.24. The molecule has 0 radical (unpaired) electrons. The van der Waals surface area contributed by atoms with Crippen LogP contribution >= 0.6 is 0 Å². The van der Waals surface area contributed by atoms with Crippen LogP contribution in [-0.4, -0.2) is 17.1 Å². The van der Waals surface area contributed by atoms with E-state index in [1.165, 1.54) is 0 Å². The summed E-state index contributed by atoms with van der Waals surface area (Å²) in [4.78, 5) is 4.26. The van der Waals surface area contributed by atoms with Gasteiger partial charge in [0.05, 0.1) is 18.9 Å². The monoisotopic (exact) mass is 208 g/mol. The summed E-state index contributed by atoms with van der Waals surface area (Å²) in [6.07, 6.45) is 2.70. The molecule has 15 heavy (non-hydrogen) atoms. The molecule has 1 unspecified atom stereocenters. The summed E-state index contributed by atoms with van der Waals surface area (Å²) >= 11 is 0. The van der Waals surface area contributed by atoms with E-state index in [4.69, 9.17) is 10.5 Å². The molecule has 1 heterocycles. The van der Waals surface area contributed by atoms with Gasteiger partial charge >= 0.3 is 0 Å². The molecule has 1 aromatic heterocycles. The lowest BCUT2D eigenvalue weighted by Gasteiger charge is -2.22. The van der Waals surface area contributed by atoms with Gasteiger partial charge in [0, 0.05) is 11.7 Å². The molecule has 3 heteroatoms. The molecule has 0 bridgehead atoms. The minimum absolute atomic E-state index is 0.233. The molecule has 1 atom stereocenters. The molecule has 0 aromatic carbocycles. The van der Waals surface area contributed by atoms with E-state index in [1.807, 2.05) is 26.0 Å². The van der Waals surface area contributed by atoms with Crippen molar-refractivity contribution in [1.29, 1.82) is 0 Å². The SMILES string of the molecule is CCC(C)(N)COCc1ncccc1C. The average molecular weight is 208 g/mol. The van der Waals surface area contributed by atoms with Crippen molar-refractivity contribution in [3.8, 4) is 0 Å². The first kappa shape index (κ1) is 12.1. The van der Waals surface area contributed by atoms with Crippen LogP contribution in [0.4, 0.5) is 0 Å². The maximum absolute atomic E-state index is 5.97. The van der Waals surface area contributed by atoms with Crippen LogP contribution in [-0.2, 0) is 11.3 Å². The number of pyridine rings is 1. The van der Waals surface area contributed by atoms with Crippen LogP contribution in [0.1, 0.15) is 31.5 Å². The van der Waals surface area contributed by atoms with Gasteiger partial charge in [0.2, 0.25) is 0 Å².